The number of phenolic OH excluding ortho intramolecular Hbond substituents is 2. The van der Waals surface area contributed by atoms with Crippen molar-refractivity contribution in [3.8, 4) is 11.5 Å². The van der Waals surface area contributed by atoms with Crippen molar-refractivity contribution in [2.75, 3.05) is 0 Å². The quantitative estimate of drug-likeness (QED) is 0.877. The van der Waals surface area contributed by atoms with Crippen molar-refractivity contribution >= 4 is 12.2 Å². The fourth-order valence-electron chi connectivity index (χ4n) is 2.00. The number of pyridine rings is 1. The molecule has 1 aromatic carbocycles. The molecule has 0 saturated carbocycles. The zero-order chi connectivity index (χ0) is 13.8. The summed E-state index contributed by atoms with van der Waals surface area (Å²) in [5, 5.41) is 19.9. The van der Waals surface area contributed by atoms with Crippen LogP contribution in [0.4, 0.5) is 0 Å². The standard InChI is InChI=1S/C16H17NO2/c1-11(2)16-14(18)9-13(10-15(16)19)4-3-12-5-7-17-8-6-12/h3-11,18-19H,1-2H3/b4-3+. The van der Waals surface area contributed by atoms with Crippen molar-refractivity contribution in [1.29, 1.82) is 0 Å². The molecule has 0 spiro atoms. The first-order valence-electron chi connectivity index (χ1n) is 6.22. The third-order valence-electron chi connectivity index (χ3n) is 2.91. The lowest BCUT2D eigenvalue weighted by molar-refractivity contribution is 0.433. The van der Waals surface area contributed by atoms with E-state index in [2.05, 4.69) is 4.98 Å². The molecule has 19 heavy (non-hydrogen) atoms. The summed E-state index contributed by atoms with van der Waals surface area (Å²) in [6.45, 7) is 3.86. The van der Waals surface area contributed by atoms with Crippen molar-refractivity contribution in [3.63, 3.8) is 0 Å². The number of nitrogens with zero attached hydrogens (tertiary/aromatic N) is 1. The van der Waals surface area contributed by atoms with Gasteiger partial charge in [-0.3, -0.25) is 4.98 Å². The van der Waals surface area contributed by atoms with Gasteiger partial charge in [-0.05, 0) is 41.3 Å². The zero-order valence-corrected chi connectivity index (χ0v) is 11.0. The lowest BCUT2D eigenvalue weighted by Gasteiger charge is -2.11. The van der Waals surface area contributed by atoms with Crippen LogP contribution in [0.15, 0.2) is 36.7 Å². The summed E-state index contributed by atoms with van der Waals surface area (Å²) >= 11 is 0. The van der Waals surface area contributed by atoms with E-state index in [1.807, 2.05) is 38.1 Å². The van der Waals surface area contributed by atoms with Gasteiger partial charge in [-0.2, -0.15) is 0 Å². The van der Waals surface area contributed by atoms with Gasteiger partial charge in [0.2, 0.25) is 0 Å². The number of hydrogen-bond acceptors (Lipinski definition) is 3. The van der Waals surface area contributed by atoms with E-state index in [0.29, 0.717) is 5.56 Å². The Morgan fingerprint density at radius 1 is 0.947 bits per heavy atom. The second-order valence-corrected chi connectivity index (χ2v) is 4.74. The molecule has 3 nitrogen and oxygen atoms in total. The smallest absolute Gasteiger partial charge is 0.123 e. The highest BCUT2D eigenvalue weighted by Crippen LogP contribution is 2.35. The minimum Gasteiger partial charge on any atom is -0.507 e. The average Bonchev–Trinajstić information content (AvgIpc) is 2.36. The van der Waals surface area contributed by atoms with Gasteiger partial charge < -0.3 is 10.2 Å². The van der Waals surface area contributed by atoms with Crippen LogP contribution in [-0.2, 0) is 0 Å². The van der Waals surface area contributed by atoms with E-state index in [4.69, 9.17) is 0 Å². The summed E-state index contributed by atoms with van der Waals surface area (Å²) in [5.74, 6) is 0.340. The van der Waals surface area contributed by atoms with Crippen LogP contribution in [0.5, 0.6) is 11.5 Å². The molecule has 0 fully saturated rings. The predicted molar refractivity (Wildman–Crippen MR) is 77.0 cm³/mol. The summed E-state index contributed by atoms with van der Waals surface area (Å²) in [6, 6.07) is 7.09. The molecule has 2 rings (SSSR count). The minimum atomic E-state index is 0.0817. The highest BCUT2D eigenvalue weighted by Gasteiger charge is 2.12. The maximum absolute atomic E-state index is 9.94. The van der Waals surface area contributed by atoms with E-state index < -0.39 is 0 Å². The number of rotatable bonds is 3. The molecule has 2 N–H and O–H groups in total. The molecule has 0 aliphatic carbocycles. The van der Waals surface area contributed by atoms with Crippen molar-refractivity contribution in [3.05, 3.63) is 53.3 Å². The van der Waals surface area contributed by atoms with Crippen LogP contribution in [0.25, 0.3) is 12.2 Å². The largest absolute Gasteiger partial charge is 0.507 e. The van der Waals surface area contributed by atoms with E-state index >= 15 is 0 Å². The Kier molecular flexibility index (Phi) is 3.85. The molecule has 0 unspecified atom stereocenters. The second-order valence-electron chi connectivity index (χ2n) is 4.74. The van der Waals surface area contributed by atoms with Gasteiger partial charge in [0.05, 0.1) is 0 Å². The van der Waals surface area contributed by atoms with E-state index in [1.165, 1.54) is 0 Å². The zero-order valence-electron chi connectivity index (χ0n) is 11.0. The molecule has 0 aliphatic rings. The van der Waals surface area contributed by atoms with Crippen LogP contribution >= 0.6 is 0 Å². The molecule has 2 aromatic rings. The molecule has 0 saturated heterocycles. The predicted octanol–water partition coefficient (Wildman–Crippen LogP) is 3.79. The molecule has 1 aromatic heterocycles. The molecular formula is C16H17NO2. The van der Waals surface area contributed by atoms with Gasteiger partial charge in [-0.1, -0.05) is 26.0 Å². The third kappa shape index (κ3) is 3.13. The number of hydrogen-bond donors (Lipinski definition) is 2. The molecule has 3 heteroatoms. The maximum Gasteiger partial charge on any atom is 0.123 e. The summed E-state index contributed by atoms with van der Waals surface area (Å²) in [5.41, 5.74) is 2.36. The first kappa shape index (κ1) is 13.1. The summed E-state index contributed by atoms with van der Waals surface area (Å²) in [6.07, 6.45) is 7.19. The first-order chi connectivity index (χ1) is 9.08. The van der Waals surface area contributed by atoms with Crippen molar-refractivity contribution < 1.29 is 10.2 Å². The van der Waals surface area contributed by atoms with Gasteiger partial charge >= 0.3 is 0 Å². The average molecular weight is 255 g/mol. The highest BCUT2D eigenvalue weighted by molar-refractivity contribution is 5.71. The van der Waals surface area contributed by atoms with Crippen molar-refractivity contribution in [2.45, 2.75) is 19.8 Å². The highest BCUT2D eigenvalue weighted by atomic mass is 16.3. The van der Waals surface area contributed by atoms with Crippen LogP contribution < -0.4 is 0 Å². The SMILES string of the molecule is CC(C)c1c(O)cc(/C=C/c2ccncc2)cc1O. The fourth-order valence-corrected chi connectivity index (χ4v) is 2.00. The molecule has 0 atom stereocenters. The Balaban J connectivity index is 2.30. The normalized spacial score (nSPS) is 11.3. The van der Waals surface area contributed by atoms with E-state index in [1.54, 1.807) is 24.5 Å². The van der Waals surface area contributed by atoms with Gasteiger partial charge in [0, 0.05) is 18.0 Å². The molecule has 0 radical (unpaired) electrons. The monoisotopic (exact) mass is 255 g/mol. The van der Waals surface area contributed by atoms with Crippen molar-refractivity contribution in [1.82, 2.24) is 4.98 Å². The summed E-state index contributed by atoms with van der Waals surface area (Å²) in [7, 11) is 0. The van der Waals surface area contributed by atoms with Crippen LogP contribution in [0.2, 0.25) is 0 Å². The molecule has 0 aliphatic heterocycles. The van der Waals surface area contributed by atoms with Gasteiger partial charge in [0.15, 0.2) is 0 Å². The number of phenols is 2. The Morgan fingerprint density at radius 2 is 1.47 bits per heavy atom. The maximum atomic E-state index is 9.94. The van der Waals surface area contributed by atoms with Crippen molar-refractivity contribution in [2.24, 2.45) is 0 Å². The first-order valence-corrected chi connectivity index (χ1v) is 6.22. The fraction of sp³-hybridized carbons (Fsp3) is 0.188. The Labute approximate surface area is 112 Å². The van der Waals surface area contributed by atoms with E-state index in [0.717, 1.165) is 11.1 Å². The molecule has 98 valence electrons. The van der Waals surface area contributed by atoms with Crippen LogP contribution in [0, 0.1) is 0 Å². The van der Waals surface area contributed by atoms with Crippen LogP contribution in [0.1, 0.15) is 36.5 Å². The Hall–Kier alpha value is -2.29. The molecule has 0 bridgehead atoms. The third-order valence-corrected chi connectivity index (χ3v) is 2.91. The van der Waals surface area contributed by atoms with Crippen LogP contribution in [-0.4, -0.2) is 15.2 Å². The molecule has 0 amide bonds. The minimum absolute atomic E-state index is 0.0817. The lowest BCUT2D eigenvalue weighted by Crippen LogP contribution is -1.90. The van der Waals surface area contributed by atoms with Gasteiger partial charge in [-0.15, -0.1) is 0 Å². The van der Waals surface area contributed by atoms with Gasteiger partial charge in [0.25, 0.3) is 0 Å². The lowest BCUT2D eigenvalue weighted by atomic mass is 9.98. The van der Waals surface area contributed by atoms with Crippen LogP contribution in [0.3, 0.4) is 0 Å². The van der Waals surface area contributed by atoms with Gasteiger partial charge in [0.1, 0.15) is 11.5 Å². The summed E-state index contributed by atoms with van der Waals surface area (Å²) < 4.78 is 0. The second kappa shape index (κ2) is 5.57. The Bertz CT molecular complexity index is 566. The topological polar surface area (TPSA) is 53.4 Å². The Morgan fingerprint density at radius 3 is 2.00 bits per heavy atom. The number of aromatic hydroxyl groups is 2. The number of aromatic nitrogens is 1. The molecule has 1 heterocycles. The summed E-state index contributed by atoms with van der Waals surface area (Å²) in [4.78, 5) is 3.95. The van der Waals surface area contributed by atoms with E-state index in [9.17, 15) is 10.2 Å². The van der Waals surface area contributed by atoms with E-state index in [-0.39, 0.29) is 17.4 Å². The molecular weight excluding hydrogens is 238 g/mol. The number of benzene rings is 1. The van der Waals surface area contributed by atoms with Gasteiger partial charge in [-0.25, -0.2) is 0 Å².